The zero-order chi connectivity index (χ0) is 11.3. The van der Waals surface area contributed by atoms with E-state index in [1.54, 1.807) is 18.2 Å². The Balaban J connectivity index is 2.64. The SMILES string of the molecule is O=c1c2cc(Cl)ccc2[nH]c2coc(O)c12. The molecule has 0 unspecified atom stereocenters. The molecule has 2 aromatic heterocycles. The standard InChI is InChI=1S/C11H6ClNO3/c12-5-1-2-7-6(3-5)10(14)9-8(13-7)4-16-11(9)15/h1-4,13,15H. The number of aromatic hydroxyl groups is 1. The molecule has 0 saturated heterocycles. The number of aromatic nitrogens is 1. The summed E-state index contributed by atoms with van der Waals surface area (Å²) in [5.74, 6) is -0.377. The van der Waals surface area contributed by atoms with Crippen molar-refractivity contribution in [2.24, 2.45) is 0 Å². The monoisotopic (exact) mass is 235 g/mol. The number of hydrogen-bond acceptors (Lipinski definition) is 3. The topological polar surface area (TPSA) is 66.2 Å². The first-order chi connectivity index (χ1) is 7.66. The van der Waals surface area contributed by atoms with E-state index in [1.165, 1.54) is 6.26 Å². The number of rotatable bonds is 0. The second-order valence-corrected chi connectivity index (χ2v) is 3.91. The van der Waals surface area contributed by atoms with E-state index in [0.717, 1.165) is 0 Å². The van der Waals surface area contributed by atoms with Crippen molar-refractivity contribution in [1.82, 2.24) is 4.98 Å². The van der Waals surface area contributed by atoms with Crippen molar-refractivity contribution in [3.63, 3.8) is 0 Å². The fourth-order valence-corrected chi connectivity index (χ4v) is 1.92. The van der Waals surface area contributed by atoms with E-state index < -0.39 is 0 Å². The molecule has 3 rings (SSSR count). The Kier molecular flexibility index (Phi) is 1.76. The average molecular weight is 236 g/mol. The maximum atomic E-state index is 12.0. The van der Waals surface area contributed by atoms with Gasteiger partial charge in [-0.05, 0) is 18.2 Å². The summed E-state index contributed by atoms with van der Waals surface area (Å²) in [7, 11) is 0. The molecule has 2 heterocycles. The van der Waals surface area contributed by atoms with Crippen LogP contribution in [0.2, 0.25) is 5.02 Å². The summed E-state index contributed by atoms with van der Waals surface area (Å²) in [4.78, 5) is 15.0. The third-order valence-electron chi connectivity index (χ3n) is 2.49. The van der Waals surface area contributed by atoms with E-state index in [9.17, 15) is 9.90 Å². The van der Waals surface area contributed by atoms with Crippen molar-refractivity contribution < 1.29 is 9.52 Å². The number of halogens is 1. The fourth-order valence-electron chi connectivity index (χ4n) is 1.75. The third kappa shape index (κ3) is 1.13. The zero-order valence-corrected chi connectivity index (χ0v) is 8.71. The number of nitrogens with one attached hydrogen (secondary N) is 1. The summed E-state index contributed by atoms with van der Waals surface area (Å²) in [5, 5.41) is 10.4. The van der Waals surface area contributed by atoms with Crippen LogP contribution in [0.1, 0.15) is 0 Å². The molecule has 16 heavy (non-hydrogen) atoms. The molecule has 1 aromatic carbocycles. The molecule has 4 nitrogen and oxygen atoms in total. The summed E-state index contributed by atoms with van der Waals surface area (Å²) in [6, 6.07) is 4.95. The molecule has 2 N–H and O–H groups in total. The molecule has 0 aliphatic rings. The number of benzene rings is 1. The molecule has 0 bridgehead atoms. The lowest BCUT2D eigenvalue weighted by atomic mass is 10.1. The first-order valence-corrected chi connectivity index (χ1v) is 4.96. The van der Waals surface area contributed by atoms with Gasteiger partial charge in [0, 0.05) is 15.9 Å². The van der Waals surface area contributed by atoms with E-state index in [4.69, 9.17) is 16.0 Å². The van der Waals surface area contributed by atoms with Gasteiger partial charge in [-0.25, -0.2) is 0 Å². The molecule has 0 atom stereocenters. The summed E-state index contributed by atoms with van der Waals surface area (Å²) in [6.45, 7) is 0. The number of aromatic amines is 1. The summed E-state index contributed by atoms with van der Waals surface area (Å²) >= 11 is 5.82. The van der Waals surface area contributed by atoms with Crippen LogP contribution in [0.25, 0.3) is 21.8 Å². The van der Waals surface area contributed by atoms with Gasteiger partial charge in [-0.15, -0.1) is 0 Å². The first-order valence-electron chi connectivity index (χ1n) is 4.58. The molecule has 0 aliphatic carbocycles. The number of H-pyrrole nitrogens is 1. The first kappa shape index (κ1) is 9.30. The molecule has 80 valence electrons. The van der Waals surface area contributed by atoms with Crippen LogP contribution in [0.15, 0.2) is 33.7 Å². The van der Waals surface area contributed by atoms with Gasteiger partial charge >= 0.3 is 0 Å². The molecular formula is C11H6ClNO3. The van der Waals surface area contributed by atoms with Crippen LogP contribution in [0.4, 0.5) is 0 Å². The Hall–Kier alpha value is -1.94. The lowest BCUT2D eigenvalue weighted by molar-refractivity contribution is 0.337. The average Bonchev–Trinajstić information content (AvgIpc) is 2.62. The van der Waals surface area contributed by atoms with Crippen molar-refractivity contribution in [3.8, 4) is 5.95 Å². The van der Waals surface area contributed by atoms with E-state index in [-0.39, 0.29) is 16.8 Å². The predicted molar refractivity (Wildman–Crippen MR) is 61.0 cm³/mol. The van der Waals surface area contributed by atoms with Gasteiger partial charge in [-0.2, -0.15) is 0 Å². The number of fused-ring (bicyclic) bond motifs is 2. The van der Waals surface area contributed by atoms with E-state index in [0.29, 0.717) is 21.4 Å². The lowest BCUT2D eigenvalue weighted by Crippen LogP contribution is -2.02. The maximum Gasteiger partial charge on any atom is 0.295 e. The van der Waals surface area contributed by atoms with Crippen molar-refractivity contribution in [2.75, 3.05) is 0 Å². The van der Waals surface area contributed by atoms with E-state index in [2.05, 4.69) is 4.98 Å². The molecule has 0 spiro atoms. The van der Waals surface area contributed by atoms with Crippen molar-refractivity contribution in [2.45, 2.75) is 0 Å². The van der Waals surface area contributed by atoms with Gasteiger partial charge in [0.15, 0.2) is 0 Å². The molecule has 0 radical (unpaired) electrons. The highest BCUT2D eigenvalue weighted by atomic mass is 35.5. The molecule has 5 heteroatoms. The lowest BCUT2D eigenvalue weighted by Gasteiger charge is -1.98. The van der Waals surface area contributed by atoms with Crippen LogP contribution in [0.3, 0.4) is 0 Å². The van der Waals surface area contributed by atoms with Crippen LogP contribution in [0.5, 0.6) is 5.95 Å². The molecular weight excluding hydrogens is 230 g/mol. The van der Waals surface area contributed by atoms with Crippen molar-refractivity contribution in [1.29, 1.82) is 0 Å². The summed E-state index contributed by atoms with van der Waals surface area (Å²) < 4.78 is 4.79. The maximum absolute atomic E-state index is 12.0. The highest BCUT2D eigenvalue weighted by Gasteiger charge is 2.12. The minimum Gasteiger partial charge on any atom is -0.480 e. The fraction of sp³-hybridized carbons (Fsp3) is 0. The predicted octanol–water partition coefficient (Wildman–Crippen LogP) is 2.63. The second-order valence-electron chi connectivity index (χ2n) is 3.47. The molecule has 0 amide bonds. The number of furan rings is 1. The van der Waals surface area contributed by atoms with Crippen molar-refractivity contribution >= 4 is 33.4 Å². The van der Waals surface area contributed by atoms with Crippen LogP contribution in [-0.4, -0.2) is 10.1 Å². The summed E-state index contributed by atoms with van der Waals surface area (Å²) in [6.07, 6.45) is 1.31. The van der Waals surface area contributed by atoms with Gasteiger partial charge in [0.25, 0.3) is 5.95 Å². The minimum atomic E-state index is -0.377. The van der Waals surface area contributed by atoms with Crippen LogP contribution in [-0.2, 0) is 0 Å². The smallest absolute Gasteiger partial charge is 0.295 e. The van der Waals surface area contributed by atoms with Gasteiger partial charge < -0.3 is 14.5 Å². The Bertz CT molecular complexity index is 757. The highest BCUT2D eigenvalue weighted by Crippen LogP contribution is 2.25. The Morgan fingerprint density at radius 3 is 2.94 bits per heavy atom. The Morgan fingerprint density at radius 2 is 2.12 bits per heavy atom. The molecule has 0 aliphatic heterocycles. The number of pyridine rings is 1. The van der Waals surface area contributed by atoms with Crippen molar-refractivity contribution in [3.05, 3.63) is 39.7 Å². The Morgan fingerprint density at radius 1 is 1.31 bits per heavy atom. The van der Waals surface area contributed by atoms with Gasteiger partial charge in [0.05, 0.1) is 5.52 Å². The number of hydrogen-bond donors (Lipinski definition) is 2. The normalized spacial score (nSPS) is 11.3. The van der Waals surface area contributed by atoms with E-state index >= 15 is 0 Å². The summed E-state index contributed by atoms with van der Waals surface area (Å²) in [5.41, 5.74) is 0.831. The third-order valence-corrected chi connectivity index (χ3v) is 2.73. The van der Waals surface area contributed by atoms with Crippen LogP contribution >= 0.6 is 11.6 Å². The highest BCUT2D eigenvalue weighted by molar-refractivity contribution is 6.31. The van der Waals surface area contributed by atoms with E-state index in [1.807, 2.05) is 0 Å². The van der Waals surface area contributed by atoms with Crippen LogP contribution in [0, 0.1) is 0 Å². The van der Waals surface area contributed by atoms with Gasteiger partial charge in [-0.1, -0.05) is 11.6 Å². The Labute approximate surface area is 94.1 Å². The molecule has 0 saturated carbocycles. The quantitative estimate of drug-likeness (QED) is 0.629. The largest absolute Gasteiger partial charge is 0.480 e. The van der Waals surface area contributed by atoms with Gasteiger partial charge in [0.2, 0.25) is 5.43 Å². The molecule has 3 aromatic rings. The molecule has 0 fully saturated rings. The van der Waals surface area contributed by atoms with Crippen LogP contribution < -0.4 is 5.43 Å². The zero-order valence-electron chi connectivity index (χ0n) is 7.95. The minimum absolute atomic E-state index is 0.148. The second kappa shape index (κ2) is 3.02. The van der Waals surface area contributed by atoms with Gasteiger partial charge in [-0.3, -0.25) is 4.79 Å². The van der Waals surface area contributed by atoms with Gasteiger partial charge in [0.1, 0.15) is 11.6 Å².